The third-order valence-electron chi connectivity index (χ3n) is 2.55. The van der Waals surface area contributed by atoms with Gasteiger partial charge in [-0.1, -0.05) is 19.9 Å². The third kappa shape index (κ3) is 2.08. The molecule has 0 fully saturated rings. The molecule has 0 atom stereocenters. The van der Waals surface area contributed by atoms with Gasteiger partial charge in [0.05, 0.1) is 24.8 Å². The van der Waals surface area contributed by atoms with Gasteiger partial charge in [-0.3, -0.25) is 0 Å². The van der Waals surface area contributed by atoms with Crippen molar-refractivity contribution in [3.05, 3.63) is 42.5 Å². The Labute approximate surface area is 95.7 Å². The maximum atomic E-state index is 5.20. The summed E-state index contributed by atoms with van der Waals surface area (Å²) < 4.78 is 7.21. The zero-order valence-electron chi connectivity index (χ0n) is 9.84. The second-order valence-corrected chi connectivity index (χ2v) is 4.06. The first-order valence-corrected chi connectivity index (χ1v) is 5.39. The van der Waals surface area contributed by atoms with Gasteiger partial charge in [-0.15, -0.1) is 0 Å². The van der Waals surface area contributed by atoms with Crippen molar-refractivity contribution in [3.8, 4) is 11.4 Å². The minimum atomic E-state index is 0.451. The Morgan fingerprint density at radius 2 is 2.12 bits per heavy atom. The summed E-state index contributed by atoms with van der Waals surface area (Å²) in [6, 6.07) is 7.94. The predicted octanol–water partition coefficient (Wildman–Crippen LogP) is 3.00. The first kappa shape index (κ1) is 10.7. The summed E-state index contributed by atoms with van der Waals surface area (Å²) in [4.78, 5) is 4.37. The molecule has 0 saturated heterocycles. The Bertz CT molecular complexity index is 474. The van der Waals surface area contributed by atoms with Crippen molar-refractivity contribution in [2.45, 2.75) is 19.8 Å². The van der Waals surface area contributed by atoms with Gasteiger partial charge < -0.3 is 9.30 Å². The summed E-state index contributed by atoms with van der Waals surface area (Å²) in [5.41, 5.74) is 2.17. The fourth-order valence-corrected chi connectivity index (χ4v) is 1.55. The largest absolute Gasteiger partial charge is 0.497 e. The van der Waals surface area contributed by atoms with Crippen molar-refractivity contribution in [1.29, 1.82) is 0 Å². The Morgan fingerprint density at radius 3 is 2.75 bits per heavy atom. The molecule has 2 rings (SSSR count). The summed E-state index contributed by atoms with van der Waals surface area (Å²) in [5, 5.41) is 0. The van der Waals surface area contributed by atoms with E-state index in [-0.39, 0.29) is 0 Å². The summed E-state index contributed by atoms with van der Waals surface area (Å²) in [6.45, 7) is 4.27. The Morgan fingerprint density at radius 1 is 1.31 bits per heavy atom. The lowest BCUT2D eigenvalue weighted by Crippen LogP contribution is -1.91. The molecule has 0 radical (unpaired) electrons. The summed E-state index contributed by atoms with van der Waals surface area (Å²) in [7, 11) is 1.67. The molecule has 1 heterocycles. The number of methoxy groups -OCH3 is 1. The van der Waals surface area contributed by atoms with Crippen LogP contribution in [0.1, 0.15) is 25.5 Å². The van der Waals surface area contributed by atoms with E-state index in [1.54, 1.807) is 7.11 Å². The van der Waals surface area contributed by atoms with Gasteiger partial charge in [0.15, 0.2) is 0 Å². The molecule has 2 aromatic rings. The number of hydrogen-bond donors (Lipinski definition) is 0. The molecule has 0 bridgehead atoms. The Hall–Kier alpha value is -1.77. The summed E-state index contributed by atoms with van der Waals surface area (Å²) in [5.74, 6) is 1.31. The van der Waals surface area contributed by atoms with Gasteiger partial charge >= 0.3 is 0 Å². The van der Waals surface area contributed by atoms with E-state index in [1.165, 1.54) is 0 Å². The van der Waals surface area contributed by atoms with Crippen LogP contribution in [0.4, 0.5) is 0 Å². The number of benzene rings is 1. The van der Waals surface area contributed by atoms with Gasteiger partial charge in [0.25, 0.3) is 0 Å². The number of hydrogen-bond acceptors (Lipinski definition) is 2. The molecule has 0 spiro atoms. The average molecular weight is 216 g/mol. The molecule has 16 heavy (non-hydrogen) atoms. The highest BCUT2D eigenvalue weighted by Gasteiger charge is 2.04. The van der Waals surface area contributed by atoms with Crippen LogP contribution in [0, 0.1) is 0 Å². The standard InChI is InChI=1S/C13H16N2O/c1-10(2)13-8-15(9-14-13)11-5-4-6-12(7-11)16-3/h4-10H,1-3H3. The van der Waals surface area contributed by atoms with E-state index in [4.69, 9.17) is 4.74 Å². The van der Waals surface area contributed by atoms with E-state index >= 15 is 0 Å². The second kappa shape index (κ2) is 4.39. The van der Waals surface area contributed by atoms with E-state index in [0.29, 0.717) is 5.92 Å². The predicted molar refractivity (Wildman–Crippen MR) is 64.2 cm³/mol. The van der Waals surface area contributed by atoms with Gasteiger partial charge in [-0.05, 0) is 18.1 Å². The first-order valence-electron chi connectivity index (χ1n) is 5.39. The van der Waals surface area contributed by atoms with Crippen molar-refractivity contribution in [2.75, 3.05) is 7.11 Å². The van der Waals surface area contributed by atoms with Crippen LogP contribution in [0.15, 0.2) is 36.8 Å². The molecule has 0 aliphatic rings. The van der Waals surface area contributed by atoms with E-state index in [2.05, 4.69) is 25.0 Å². The normalized spacial score (nSPS) is 10.8. The van der Waals surface area contributed by atoms with Crippen LogP contribution in [-0.4, -0.2) is 16.7 Å². The Balaban J connectivity index is 2.34. The second-order valence-electron chi connectivity index (χ2n) is 4.06. The van der Waals surface area contributed by atoms with Crippen molar-refractivity contribution in [2.24, 2.45) is 0 Å². The zero-order chi connectivity index (χ0) is 11.5. The lowest BCUT2D eigenvalue weighted by Gasteiger charge is -2.04. The monoisotopic (exact) mass is 216 g/mol. The zero-order valence-corrected chi connectivity index (χ0v) is 9.84. The molecular weight excluding hydrogens is 200 g/mol. The van der Waals surface area contributed by atoms with E-state index in [0.717, 1.165) is 17.1 Å². The molecule has 0 N–H and O–H groups in total. The van der Waals surface area contributed by atoms with Gasteiger partial charge in [-0.25, -0.2) is 4.98 Å². The van der Waals surface area contributed by atoms with Crippen LogP contribution >= 0.6 is 0 Å². The van der Waals surface area contributed by atoms with Crippen LogP contribution < -0.4 is 4.74 Å². The van der Waals surface area contributed by atoms with Crippen LogP contribution in [0.5, 0.6) is 5.75 Å². The number of ether oxygens (including phenoxy) is 1. The van der Waals surface area contributed by atoms with E-state index in [1.807, 2.05) is 35.2 Å². The topological polar surface area (TPSA) is 27.1 Å². The first-order chi connectivity index (χ1) is 7.70. The van der Waals surface area contributed by atoms with E-state index < -0.39 is 0 Å². The van der Waals surface area contributed by atoms with Crippen LogP contribution in [0.3, 0.4) is 0 Å². The minimum Gasteiger partial charge on any atom is -0.497 e. The lowest BCUT2D eigenvalue weighted by atomic mass is 10.2. The van der Waals surface area contributed by atoms with Crippen LogP contribution in [-0.2, 0) is 0 Å². The number of nitrogens with zero attached hydrogens (tertiary/aromatic N) is 2. The Kier molecular flexibility index (Phi) is 2.95. The molecule has 0 amide bonds. The van der Waals surface area contributed by atoms with Crippen LogP contribution in [0.25, 0.3) is 5.69 Å². The summed E-state index contributed by atoms with van der Waals surface area (Å²) >= 11 is 0. The van der Waals surface area contributed by atoms with Gasteiger partial charge in [0, 0.05) is 12.3 Å². The molecule has 84 valence electrons. The van der Waals surface area contributed by atoms with Gasteiger partial charge in [0.2, 0.25) is 0 Å². The van der Waals surface area contributed by atoms with E-state index in [9.17, 15) is 0 Å². The molecule has 1 aromatic carbocycles. The maximum Gasteiger partial charge on any atom is 0.120 e. The highest BCUT2D eigenvalue weighted by Crippen LogP contribution is 2.18. The maximum absolute atomic E-state index is 5.20. The highest BCUT2D eigenvalue weighted by atomic mass is 16.5. The summed E-state index contributed by atoms with van der Waals surface area (Å²) in [6.07, 6.45) is 3.89. The molecule has 3 nitrogen and oxygen atoms in total. The minimum absolute atomic E-state index is 0.451. The lowest BCUT2D eigenvalue weighted by molar-refractivity contribution is 0.414. The highest BCUT2D eigenvalue weighted by molar-refractivity contribution is 5.39. The van der Waals surface area contributed by atoms with Crippen molar-refractivity contribution in [1.82, 2.24) is 9.55 Å². The molecule has 0 aliphatic carbocycles. The number of aromatic nitrogens is 2. The van der Waals surface area contributed by atoms with Gasteiger partial charge in [0.1, 0.15) is 5.75 Å². The van der Waals surface area contributed by atoms with Crippen molar-refractivity contribution in [3.63, 3.8) is 0 Å². The molecule has 0 saturated carbocycles. The van der Waals surface area contributed by atoms with Crippen LogP contribution in [0.2, 0.25) is 0 Å². The third-order valence-corrected chi connectivity index (χ3v) is 2.55. The molecule has 0 aliphatic heterocycles. The van der Waals surface area contributed by atoms with Crippen molar-refractivity contribution >= 4 is 0 Å². The number of imidazole rings is 1. The fraction of sp³-hybridized carbons (Fsp3) is 0.308. The molecule has 0 unspecified atom stereocenters. The molecular formula is C13H16N2O. The average Bonchev–Trinajstić information content (AvgIpc) is 2.78. The quantitative estimate of drug-likeness (QED) is 0.788. The smallest absolute Gasteiger partial charge is 0.120 e. The molecule has 1 aromatic heterocycles. The fourth-order valence-electron chi connectivity index (χ4n) is 1.55. The SMILES string of the molecule is COc1cccc(-n2cnc(C(C)C)c2)c1. The van der Waals surface area contributed by atoms with Crippen molar-refractivity contribution < 1.29 is 4.74 Å². The van der Waals surface area contributed by atoms with Gasteiger partial charge in [-0.2, -0.15) is 0 Å². The number of rotatable bonds is 3. The molecule has 3 heteroatoms.